The van der Waals surface area contributed by atoms with Gasteiger partial charge in [0.2, 0.25) is 17.5 Å². The van der Waals surface area contributed by atoms with Crippen LogP contribution in [0.4, 0.5) is 0 Å². The molecule has 25 heteroatoms. The normalized spacial score (nSPS) is 29.9. The fraction of sp³-hybridized carbons (Fsp3) is 0.353. The molecule has 0 radical (unpaired) electrons. The van der Waals surface area contributed by atoms with Crippen molar-refractivity contribution in [3.05, 3.63) is 106 Å². The molecule has 4 aromatic carbocycles. The third kappa shape index (κ3) is 11.8. The van der Waals surface area contributed by atoms with Crippen LogP contribution < -0.4 is 10.2 Å². The van der Waals surface area contributed by atoms with E-state index in [-0.39, 0.29) is 16.9 Å². The van der Waals surface area contributed by atoms with Crippen molar-refractivity contribution in [3.63, 3.8) is 0 Å². The molecule has 0 saturated carbocycles. The summed E-state index contributed by atoms with van der Waals surface area (Å²) in [7, 11) is 0. The van der Waals surface area contributed by atoms with Crippen LogP contribution in [0.15, 0.2) is 94.2 Å². The van der Waals surface area contributed by atoms with Gasteiger partial charge in [-0.1, -0.05) is 18.2 Å². The number of aromatic hydroxyl groups is 7. The maximum atomic E-state index is 14.6. The van der Waals surface area contributed by atoms with Gasteiger partial charge in [0.25, 0.3) is 0 Å². The van der Waals surface area contributed by atoms with Gasteiger partial charge >= 0.3 is 11.9 Å². The molecule has 0 amide bonds. The molecule has 13 N–H and O–H groups in total. The predicted molar refractivity (Wildman–Crippen MR) is 255 cm³/mol. The first-order valence-corrected chi connectivity index (χ1v) is 23.2. The number of hydrogen-bond donors (Lipinski definition) is 13. The second kappa shape index (κ2) is 22.7. The highest BCUT2D eigenvalue weighted by Gasteiger charge is 2.55. The van der Waals surface area contributed by atoms with Crippen molar-refractivity contribution in [2.75, 3.05) is 6.61 Å². The SMILES string of the molecule is C[C@@H]1O[C@@H](OC[C@@H]2O[C@H](Oc3c(-c4ccc(O)c(O)c4)oc4cc(O)cc(O)c4c3=O)[C@H](O[C@@H]3O[C@@H](C)[C@H](OC(=O)/C=C/c4ccc(O)c(O)c4)[C@@H](O)[C@@H]3O)[C@@H](OC(=O)/C=C\c3ccc(O)cc3)[C@@H]2O)[C@@H](O)[C@H](O)[C@H]1O. The number of esters is 2. The van der Waals surface area contributed by atoms with Crippen LogP contribution in [0.1, 0.15) is 25.0 Å². The number of carbonyl (C=O) groups excluding carboxylic acids is 2. The lowest BCUT2D eigenvalue weighted by atomic mass is 9.96. The fourth-order valence-electron chi connectivity index (χ4n) is 8.43. The van der Waals surface area contributed by atoms with Crippen molar-refractivity contribution in [1.29, 1.82) is 0 Å². The molecule has 0 aliphatic carbocycles. The Kier molecular flexibility index (Phi) is 16.4. The van der Waals surface area contributed by atoms with Gasteiger partial charge in [0.05, 0.1) is 18.8 Å². The zero-order valence-corrected chi connectivity index (χ0v) is 39.8. The van der Waals surface area contributed by atoms with Crippen LogP contribution in [-0.4, -0.2) is 177 Å². The van der Waals surface area contributed by atoms with Crippen molar-refractivity contribution in [2.45, 2.75) is 106 Å². The summed E-state index contributed by atoms with van der Waals surface area (Å²) < 4.78 is 53.2. The second-order valence-electron chi connectivity index (χ2n) is 17.9. The number of carbonyl (C=O) groups is 2. The van der Waals surface area contributed by atoms with E-state index in [9.17, 15) is 80.8 Å². The average molecular weight is 1060 g/mol. The lowest BCUT2D eigenvalue weighted by Gasteiger charge is -2.47. The average Bonchev–Trinajstić information content (AvgIpc) is 3.37. The molecule has 76 heavy (non-hydrogen) atoms. The predicted octanol–water partition coefficient (Wildman–Crippen LogP) is 0.810. The van der Waals surface area contributed by atoms with E-state index >= 15 is 0 Å². The minimum atomic E-state index is -2.22. The maximum Gasteiger partial charge on any atom is 0.331 e. The summed E-state index contributed by atoms with van der Waals surface area (Å²) in [6.45, 7) is 1.85. The first-order valence-electron chi connectivity index (χ1n) is 23.2. The number of benzene rings is 4. The third-order valence-corrected chi connectivity index (χ3v) is 12.5. The molecule has 3 aliphatic rings. The van der Waals surface area contributed by atoms with E-state index in [1.807, 2.05) is 0 Å². The Bertz CT molecular complexity index is 3030. The summed E-state index contributed by atoms with van der Waals surface area (Å²) in [5.74, 6) is -7.38. The highest BCUT2D eigenvalue weighted by atomic mass is 16.8. The molecule has 3 aliphatic heterocycles. The van der Waals surface area contributed by atoms with Crippen LogP contribution in [0.2, 0.25) is 0 Å². The van der Waals surface area contributed by atoms with E-state index in [4.69, 9.17) is 42.3 Å². The van der Waals surface area contributed by atoms with Crippen LogP contribution in [0.5, 0.6) is 46.0 Å². The van der Waals surface area contributed by atoms with E-state index in [0.29, 0.717) is 5.56 Å². The van der Waals surface area contributed by atoms with Crippen molar-refractivity contribution in [2.24, 2.45) is 0 Å². The maximum absolute atomic E-state index is 14.6. The molecule has 25 nitrogen and oxygen atoms in total. The van der Waals surface area contributed by atoms with Crippen molar-refractivity contribution in [3.8, 4) is 57.3 Å². The molecule has 0 bridgehead atoms. The van der Waals surface area contributed by atoms with E-state index in [0.717, 1.165) is 42.5 Å². The molecule has 406 valence electrons. The Morgan fingerprint density at radius 3 is 1.83 bits per heavy atom. The molecular formula is C51H52O25. The Labute approximate surface area is 428 Å². The lowest BCUT2D eigenvalue weighted by Crippen LogP contribution is -2.66. The van der Waals surface area contributed by atoms with E-state index < -0.39 is 173 Å². The smallest absolute Gasteiger partial charge is 0.331 e. The van der Waals surface area contributed by atoms with Gasteiger partial charge in [-0.15, -0.1) is 0 Å². The first kappa shape index (κ1) is 54.7. The number of phenolic OH excluding ortho intramolecular Hbond substituents is 7. The van der Waals surface area contributed by atoms with Crippen LogP contribution in [-0.2, 0) is 42.7 Å². The van der Waals surface area contributed by atoms with Crippen molar-refractivity contribution >= 4 is 35.1 Å². The minimum absolute atomic E-state index is 0.0878. The third-order valence-electron chi connectivity index (χ3n) is 12.5. The molecule has 15 atom stereocenters. The lowest BCUT2D eigenvalue weighted by molar-refractivity contribution is -0.360. The largest absolute Gasteiger partial charge is 0.508 e. The second-order valence-corrected chi connectivity index (χ2v) is 17.9. The number of phenols is 7. The molecular weight excluding hydrogens is 1010 g/mol. The Hall–Kier alpha value is -7.53. The van der Waals surface area contributed by atoms with Crippen LogP contribution in [0.3, 0.4) is 0 Å². The number of rotatable bonds is 14. The van der Waals surface area contributed by atoms with Crippen LogP contribution in [0, 0.1) is 0 Å². The van der Waals surface area contributed by atoms with Crippen LogP contribution >= 0.6 is 0 Å². The highest BCUT2D eigenvalue weighted by Crippen LogP contribution is 2.41. The molecule has 4 heterocycles. The highest BCUT2D eigenvalue weighted by molar-refractivity contribution is 5.89. The molecule has 0 unspecified atom stereocenters. The van der Waals surface area contributed by atoms with Crippen molar-refractivity contribution in [1.82, 2.24) is 0 Å². The molecule has 8 rings (SSSR count). The van der Waals surface area contributed by atoms with Crippen molar-refractivity contribution < 1.29 is 118 Å². The topological polar surface area (TPSA) is 401 Å². The quantitative estimate of drug-likeness (QED) is 0.0416. The number of ether oxygens (including phenoxy) is 8. The number of hydrogen-bond acceptors (Lipinski definition) is 25. The van der Waals surface area contributed by atoms with E-state index in [1.54, 1.807) is 0 Å². The summed E-state index contributed by atoms with van der Waals surface area (Å²) in [4.78, 5) is 41.4. The molecule has 3 fully saturated rings. The molecule has 0 spiro atoms. The van der Waals surface area contributed by atoms with Crippen LogP contribution in [0.25, 0.3) is 34.4 Å². The summed E-state index contributed by atoms with van der Waals surface area (Å²) in [6, 6.07) is 14.1. The summed E-state index contributed by atoms with van der Waals surface area (Å²) >= 11 is 0. The number of aliphatic hydroxyl groups excluding tert-OH is 6. The van der Waals surface area contributed by atoms with Gasteiger partial charge in [0.15, 0.2) is 59.7 Å². The first-order chi connectivity index (χ1) is 36.1. The number of fused-ring (bicyclic) bond motifs is 1. The zero-order valence-electron chi connectivity index (χ0n) is 39.8. The van der Waals surface area contributed by atoms with Gasteiger partial charge in [0.1, 0.15) is 70.9 Å². The summed E-state index contributed by atoms with van der Waals surface area (Å²) in [5, 5.41) is 137. The van der Waals surface area contributed by atoms with E-state index in [2.05, 4.69) is 0 Å². The Morgan fingerprint density at radius 2 is 1.16 bits per heavy atom. The van der Waals surface area contributed by atoms with Gasteiger partial charge in [-0.05, 0) is 79.6 Å². The monoisotopic (exact) mass is 1060 g/mol. The summed E-state index contributed by atoms with van der Waals surface area (Å²) in [5.41, 5.74) is -1.15. The van der Waals surface area contributed by atoms with Gasteiger partial charge in [-0.3, -0.25) is 4.79 Å². The fourth-order valence-corrected chi connectivity index (χ4v) is 8.43. The van der Waals surface area contributed by atoms with Gasteiger partial charge < -0.3 is 109 Å². The van der Waals surface area contributed by atoms with E-state index in [1.165, 1.54) is 68.5 Å². The van der Waals surface area contributed by atoms with Gasteiger partial charge in [-0.25, -0.2) is 9.59 Å². The molecule has 1 aromatic heterocycles. The number of aliphatic hydroxyl groups is 6. The standard InChI is InChI=1S/C51H52O25/c1-20-37(61)40(64)42(66)49(69-20)68-19-33-38(62)46(74-35(60)13-6-22-3-9-25(52)10-4-22)48(76-50-43(67)41(65)44(21(2)70-50)73-34(59)14-7-23-5-11-27(54)29(56)15-23)51(72-33)75-47-39(63)36-31(58)17-26(53)18-32(36)71-45(47)24-8-12-28(55)30(57)16-24/h3-18,20-21,33,37-38,40-44,46,48-58,61-62,64-67H,19H2,1-2H3/b13-6-,14-7+/t20-,21-,33-,37-,38+,40+,41-,42-,43-,44-,46-,48+,49+,50-,51+/m0/s1. The molecule has 3 saturated heterocycles. The Balaban J connectivity index is 1.18. The zero-order chi connectivity index (χ0) is 54.9. The van der Waals surface area contributed by atoms with Gasteiger partial charge in [0, 0.05) is 29.8 Å². The van der Waals surface area contributed by atoms with Gasteiger partial charge in [-0.2, -0.15) is 0 Å². The Morgan fingerprint density at radius 1 is 0.553 bits per heavy atom. The summed E-state index contributed by atoms with van der Waals surface area (Å²) in [6.07, 6.45) is -23.2. The minimum Gasteiger partial charge on any atom is -0.508 e. The molecule has 5 aromatic rings.